The average Bonchev–Trinajstić information content (AvgIpc) is 3.20. The average molecular weight is 402 g/mol. The summed E-state index contributed by atoms with van der Waals surface area (Å²) in [7, 11) is 1.81. The van der Waals surface area contributed by atoms with Gasteiger partial charge in [-0.1, -0.05) is 19.9 Å². The molecule has 0 radical (unpaired) electrons. The molecule has 6 heteroatoms. The molecule has 0 bridgehead atoms. The lowest BCUT2D eigenvalue weighted by Gasteiger charge is -2.13. The van der Waals surface area contributed by atoms with Crippen molar-refractivity contribution in [1.82, 2.24) is 19.7 Å². The molecule has 30 heavy (non-hydrogen) atoms. The lowest BCUT2D eigenvalue weighted by molar-refractivity contribution is 0.703. The van der Waals surface area contributed by atoms with E-state index in [1.807, 2.05) is 63.5 Å². The highest BCUT2D eigenvalue weighted by molar-refractivity contribution is 5.85. The number of aromatic nitrogens is 4. The first-order chi connectivity index (χ1) is 14.4. The Bertz CT molecular complexity index is 1280. The highest BCUT2D eigenvalue weighted by Crippen LogP contribution is 2.28. The molecule has 0 unspecified atom stereocenters. The Morgan fingerprint density at radius 1 is 1.13 bits per heavy atom. The fraction of sp³-hybridized carbons (Fsp3) is 0.292. The lowest BCUT2D eigenvalue weighted by atomic mass is 9.99. The largest absolute Gasteiger partial charge is 0.339 e. The van der Waals surface area contributed by atoms with Crippen LogP contribution in [-0.4, -0.2) is 19.7 Å². The second-order valence-corrected chi connectivity index (χ2v) is 7.98. The number of aryl methyl sites for hydroxylation is 3. The molecule has 0 aliphatic heterocycles. The van der Waals surface area contributed by atoms with Crippen LogP contribution in [0.3, 0.4) is 0 Å². The molecule has 0 spiro atoms. The Labute approximate surface area is 176 Å². The number of anilines is 2. The molecule has 2 N–H and O–H groups in total. The summed E-state index contributed by atoms with van der Waals surface area (Å²) in [6, 6.07) is 12.0. The number of H-pyrrole nitrogens is 1. The van der Waals surface area contributed by atoms with Crippen LogP contribution in [0.4, 0.5) is 11.5 Å². The molecule has 4 rings (SSSR count). The number of benzene rings is 1. The predicted molar refractivity (Wildman–Crippen MR) is 122 cm³/mol. The minimum atomic E-state index is -0.0211. The third kappa shape index (κ3) is 3.61. The van der Waals surface area contributed by atoms with Crippen molar-refractivity contribution < 1.29 is 0 Å². The Morgan fingerprint density at radius 2 is 1.93 bits per heavy atom. The lowest BCUT2D eigenvalue weighted by Crippen LogP contribution is -2.19. The summed E-state index contributed by atoms with van der Waals surface area (Å²) >= 11 is 0. The first-order valence-electron chi connectivity index (χ1n) is 10.3. The number of nitrogens with zero attached hydrogens (tertiary/aromatic N) is 3. The fourth-order valence-corrected chi connectivity index (χ4v) is 3.67. The van der Waals surface area contributed by atoms with E-state index in [0.29, 0.717) is 11.5 Å². The third-order valence-electron chi connectivity index (χ3n) is 5.79. The number of nitrogens with one attached hydrogen (secondary N) is 2. The molecule has 0 saturated heterocycles. The minimum absolute atomic E-state index is 0.0211. The summed E-state index contributed by atoms with van der Waals surface area (Å²) in [5.74, 6) is 1.20. The molecule has 1 atom stereocenters. The van der Waals surface area contributed by atoms with Crippen LogP contribution in [0.15, 0.2) is 47.4 Å². The van der Waals surface area contributed by atoms with Gasteiger partial charge in [-0.3, -0.25) is 14.9 Å². The number of hydrogen-bond donors (Lipinski definition) is 2. The predicted octanol–water partition coefficient (Wildman–Crippen LogP) is 5.20. The van der Waals surface area contributed by atoms with E-state index in [1.165, 1.54) is 0 Å². The molecule has 154 valence electrons. The molecule has 3 heterocycles. The topological polar surface area (TPSA) is 75.6 Å². The van der Waals surface area contributed by atoms with Crippen LogP contribution in [-0.2, 0) is 7.05 Å². The number of rotatable bonds is 5. The normalized spacial score (nSPS) is 12.3. The Hall–Kier alpha value is -3.41. The summed E-state index contributed by atoms with van der Waals surface area (Å²) in [4.78, 5) is 17.5. The summed E-state index contributed by atoms with van der Waals surface area (Å²) in [6.45, 7) is 8.28. The van der Waals surface area contributed by atoms with E-state index < -0.39 is 0 Å². The van der Waals surface area contributed by atoms with Crippen molar-refractivity contribution >= 4 is 22.4 Å². The highest BCUT2D eigenvalue weighted by Gasteiger charge is 2.13. The molecule has 0 aliphatic rings. The number of hydrogen-bond acceptors (Lipinski definition) is 4. The molecule has 1 aromatic carbocycles. The van der Waals surface area contributed by atoms with E-state index >= 15 is 0 Å². The standard InChI is InChI=1S/C24H27N5O/c1-6-14(2)21-12-23(28-27-21)26-18-8-7-15(3)19(11-18)20-10-17-13-25-16(4)9-22(17)29(5)24(20)30/h7-14H,6H2,1-5H3,(H2,26,27,28)/t14-/m0/s1. The van der Waals surface area contributed by atoms with Gasteiger partial charge in [0.1, 0.15) is 0 Å². The van der Waals surface area contributed by atoms with Crippen molar-refractivity contribution in [3.63, 3.8) is 0 Å². The van der Waals surface area contributed by atoms with Gasteiger partial charge in [0.15, 0.2) is 5.82 Å². The molecule has 0 aliphatic carbocycles. The monoisotopic (exact) mass is 401 g/mol. The van der Waals surface area contributed by atoms with Gasteiger partial charge in [0.2, 0.25) is 0 Å². The fourth-order valence-electron chi connectivity index (χ4n) is 3.67. The van der Waals surface area contributed by atoms with Gasteiger partial charge in [0.05, 0.1) is 5.52 Å². The van der Waals surface area contributed by atoms with Crippen molar-refractivity contribution in [3.8, 4) is 11.1 Å². The Morgan fingerprint density at radius 3 is 2.70 bits per heavy atom. The van der Waals surface area contributed by atoms with E-state index in [0.717, 1.165) is 51.3 Å². The van der Waals surface area contributed by atoms with E-state index in [1.54, 1.807) is 4.57 Å². The van der Waals surface area contributed by atoms with E-state index in [2.05, 4.69) is 34.3 Å². The van der Waals surface area contributed by atoms with Gasteiger partial charge in [0, 0.05) is 47.3 Å². The Kier molecular flexibility index (Phi) is 5.16. The smallest absolute Gasteiger partial charge is 0.258 e. The van der Waals surface area contributed by atoms with E-state index in [-0.39, 0.29) is 5.56 Å². The van der Waals surface area contributed by atoms with Crippen molar-refractivity contribution in [2.24, 2.45) is 7.05 Å². The molecule has 0 amide bonds. The van der Waals surface area contributed by atoms with Gasteiger partial charge in [-0.05, 0) is 61.6 Å². The number of aromatic amines is 1. The number of pyridine rings is 2. The maximum atomic E-state index is 13.1. The molecule has 6 nitrogen and oxygen atoms in total. The first-order valence-corrected chi connectivity index (χ1v) is 10.3. The summed E-state index contributed by atoms with van der Waals surface area (Å²) in [5.41, 5.74) is 6.37. The van der Waals surface area contributed by atoms with Gasteiger partial charge in [0.25, 0.3) is 5.56 Å². The minimum Gasteiger partial charge on any atom is -0.339 e. The maximum Gasteiger partial charge on any atom is 0.258 e. The quantitative estimate of drug-likeness (QED) is 0.482. The highest BCUT2D eigenvalue weighted by atomic mass is 16.1. The van der Waals surface area contributed by atoms with Crippen LogP contribution in [0.2, 0.25) is 0 Å². The van der Waals surface area contributed by atoms with Gasteiger partial charge in [-0.2, -0.15) is 5.10 Å². The zero-order valence-electron chi connectivity index (χ0n) is 18.1. The van der Waals surface area contributed by atoms with Gasteiger partial charge in [-0.25, -0.2) is 0 Å². The van der Waals surface area contributed by atoms with E-state index in [4.69, 9.17) is 0 Å². The number of fused-ring (bicyclic) bond motifs is 1. The van der Waals surface area contributed by atoms with Crippen molar-refractivity contribution in [1.29, 1.82) is 0 Å². The summed E-state index contributed by atoms with van der Waals surface area (Å²) < 4.78 is 1.70. The third-order valence-corrected chi connectivity index (χ3v) is 5.79. The molecule has 3 aromatic heterocycles. The van der Waals surface area contributed by atoms with Crippen molar-refractivity contribution in [2.45, 2.75) is 40.0 Å². The van der Waals surface area contributed by atoms with Gasteiger partial charge < -0.3 is 9.88 Å². The molecule has 4 aromatic rings. The van der Waals surface area contributed by atoms with Crippen molar-refractivity contribution in [2.75, 3.05) is 5.32 Å². The second-order valence-electron chi connectivity index (χ2n) is 7.98. The van der Waals surface area contributed by atoms with E-state index in [9.17, 15) is 4.79 Å². The zero-order chi connectivity index (χ0) is 21.4. The maximum absolute atomic E-state index is 13.1. The summed E-state index contributed by atoms with van der Waals surface area (Å²) in [6.07, 6.45) is 2.88. The van der Waals surface area contributed by atoms with Crippen LogP contribution >= 0.6 is 0 Å². The van der Waals surface area contributed by atoms with Crippen LogP contribution < -0.4 is 10.9 Å². The molecular formula is C24H27N5O. The zero-order valence-corrected chi connectivity index (χ0v) is 18.1. The first kappa shape index (κ1) is 19.9. The van der Waals surface area contributed by atoms with Crippen LogP contribution in [0, 0.1) is 13.8 Å². The van der Waals surface area contributed by atoms with Crippen molar-refractivity contribution in [3.05, 3.63) is 69.9 Å². The molecular weight excluding hydrogens is 374 g/mol. The van der Waals surface area contributed by atoms with Crippen LogP contribution in [0.5, 0.6) is 0 Å². The Balaban J connectivity index is 1.75. The van der Waals surface area contributed by atoms with Gasteiger partial charge in [-0.15, -0.1) is 0 Å². The molecule has 0 saturated carbocycles. The summed E-state index contributed by atoms with van der Waals surface area (Å²) in [5, 5.41) is 11.8. The SMILES string of the molecule is CC[C@H](C)c1cc(Nc2ccc(C)c(-c3cc4cnc(C)cc4n(C)c3=O)c2)n[nH]1. The van der Waals surface area contributed by atoms with Crippen LogP contribution in [0.1, 0.15) is 43.1 Å². The molecule has 0 fully saturated rings. The van der Waals surface area contributed by atoms with Crippen LogP contribution in [0.25, 0.3) is 22.0 Å². The van der Waals surface area contributed by atoms with Gasteiger partial charge >= 0.3 is 0 Å². The second kappa shape index (κ2) is 7.78.